The molecule has 0 bridgehead atoms. The summed E-state index contributed by atoms with van der Waals surface area (Å²) in [6.07, 6.45) is 0. The lowest BCUT2D eigenvalue weighted by Gasteiger charge is -2.07. The predicted molar refractivity (Wildman–Crippen MR) is 65.3 cm³/mol. The number of carbonyl (C=O) groups excluding carboxylic acids is 1. The second kappa shape index (κ2) is 4.77. The normalized spacial score (nSPS) is 10.5. The number of amides is 1. The number of rotatable bonds is 2. The van der Waals surface area contributed by atoms with E-state index >= 15 is 0 Å². The van der Waals surface area contributed by atoms with Crippen molar-refractivity contribution in [3.05, 3.63) is 40.7 Å². The summed E-state index contributed by atoms with van der Waals surface area (Å²) in [6, 6.07) is 3.08. The number of carbonyl (C=O) groups is 1. The van der Waals surface area contributed by atoms with Gasteiger partial charge in [0, 0.05) is 5.56 Å². The highest BCUT2D eigenvalue weighted by molar-refractivity contribution is 6.32. The van der Waals surface area contributed by atoms with E-state index in [9.17, 15) is 13.6 Å². The van der Waals surface area contributed by atoms with E-state index in [0.717, 1.165) is 12.1 Å². The minimum absolute atomic E-state index is 0.0306. The van der Waals surface area contributed by atoms with Crippen LogP contribution in [0.4, 0.5) is 14.6 Å². The predicted octanol–water partition coefficient (Wildman–Crippen LogP) is 1.76. The number of nitrogen functional groups attached to an aromatic ring is 1. The summed E-state index contributed by atoms with van der Waals surface area (Å²) in [4.78, 5) is 18.5. The molecular weight excluding hydrogens is 278 g/mol. The summed E-state index contributed by atoms with van der Waals surface area (Å²) >= 11 is 5.82. The average molecular weight is 285 g/mol. The summed E-state index contributed by atoms with van der Waals surface area (Å²) < 4.78 is 26.0. The molecule has 0 aliphatic rings. The molecule has 1 heterocycles. The van der Waals surface area contributed by atoms with Crippen LogP contribution in [0.1, 0.15) is 10.5 Å². The van der Waals surface area contributed by atoms with Crippen molar-refractivity contribution in [1.29, 1.82) is 0 Å². The Bertz CT molecular complexity index is 678. The standard InChI is InChI=1S/C11H7ClF2N4O/c12-9-7(4-1-2-5(13)6(14)3-4)18-10(15)8(17-9)11(16)19/h1-3H,(H2,15,18)(H2,16,19). The van der Waals surface area contributed by atoms with Crippen LogP contribution in [0, 0.1) is 11.6 Å². The maximum Gasteiger partial charge on any atom is 0.271 e. The second-order valence-corrected chi connectivity index (χ2v) is 3.95. The van der Waals surface area contributed by atoms with Gasteiger partial charge < -0.3 is 11.5 Å². The molecule has 1 amide bonds. The van der Waals surface area contributed by atoms with Crippen LogP contribution in [-0.2, 0) is 0 Å². The molecule has 2 aromatic rings. The van der Waals surface area contributed by atoms with Gasteiger partial charge in [0.1, 0.15) is 5.69 Å². The fraction of sp³-hybridized carbons (Fsp3) is 0. The van der Waals surface area contributed by atoms with Crippen molar-refractivity contribution in [3.8, 4) is 11.3 Å². The number of aromatic nitrogens is 2. The first-order chi connectivity index (χ1) is 8.90. The van der Waals surface area contributed by atoms with Gasteiger partial charge in [0.05, 0.1) is 0 Å². The summed E-state index contributed by atoms with van der Waals surface area (Å²) in [6.45, 7) is 0. The van der Waals surface area contributed by atoms with Gasteiger partial charge in [-0.25, -0.2) is 18.7 Å². The Morgan fingerprint density at radius 1 is 1.21 bits per heavy atom. The van der Waals surface area contributed by atoms with Crippen LogP contribution in [0.2, 0.25) is 5.15 Å². The number of primary amides is 1. The largest absolute Gasteiger partial charge is 0.382 e. The zero-order chi connectivity index (χ0) is 14.2. The molecule has 19 heavy (non-hydrogen) atoms. The van der Waals surface area contributed by atoms with Gasteiger partial charge in [0.15, 0.2) is 28.3 Å². The molecule has 1 aromatic carbocycles. The lowest BCUT2D eigenvalue weighted by Crippen LogP contribution is -2.17. The fourth-order valence-corrected chi connectivity index (χ4v) is 1.67. The topological polar surface area (TPSA) is 94.9 Å². The number of nitrogens with zero attached hydrogens (tertiary/aromatic N) is 2. The van der Waals surface area contributed by atoms with Crippen LogP contribution in [0.5, 0.6) is 0 Å². The van der Waals surface area contributed by atoms with Crippen molar-refractivity contribution in [2.24, 2.45) is 5.73 Å². The quantitative estimate of drug-likeness (QED) is 0.878. The third-order valence-corrected chi connectivity index (χ3v) is 2.57. The molecule has 0 unspecified atom stereocenters. The Hall–Kier alpha value is -2.28. The number of hydrogen-bond acceptors (Lipinski definition) is 4. The molecule has 1 aromatic heterocycles. The van der Waals surface area contributed by atoms with Gasteiger partial charge in [-0.05, 0) is 18.2 Å². The van der Waals surface area contributed by atoms with Crippen LogP contribution >= 0.6 is 11.6 Å². The van der Waals surface area contributed by atoms with Gasteiger partial charge in [-0.1, -0.05) is 11.6 Å². The third-order valence-electron chi connectivity index (χ3n) is 2.31. The van der Waals surface area contributed by atoms with E-state index in [1.807, 2.05) is 0 Å². The van der Waals surface area contributed by atoms with Gasteiger partial charge in [-0.3, -0.25) is 4.79 Å². The first-order valence-corrected chi connectivity index (χ1v) is 5.36. The minimum atomic E-state index is -1.06. The van der Waals surface area contributed by atoms with E-state index < -0.39 is 17.5 Å². The van der Waals surface area contributed by atoms with E-state index in [0.29, 0.717) is 0 Å². The monoisotopic (exact) mass is 284 g/mol. The van der Waals surface area contributed by atoms with E-state index in [-0.39, 0.29) is 27.9 Å². The van der Waals surface area contributed by atoms with Crippen molar-refractivity contribution in [2.45, 2.75) is 0 Å². The van der Waals surface area contributed by atoms with Crippen LogP contribution < -0.4 is 11.5 Å². The first-order valence-electron chi connectivity index (χ1n) is 4.98. The maximum absolute atomic E-state index is 13.1. The Balaban J connectivity index is 2.60. The van der Waals surface area contributed by atoms with Gasteiger partial charge in [-0.15, -0.1) is 0 Å². The molecule has 0 spiro atoms. The van der Waals surface area contributed by atoms with Gasteiger partial charge in [-0.2, -0.15) is 0 Å². The summed E-state index contributed by atoms with van der Waals surface area (Å²) in [5.74, 6) is -3.19. The Kier molecular flexibility index (Phi) is 3.30. The Labute approximate surface area is 111 Å². The maximum atomic E-state index is 13.1. The zero-order valence-corrected chi connectivity index (χ0v) is 10.1. The summed E-state index contributed by atoms with van der Waals surface area (Å²) in [5, 5.41) is -0.186. The number of nitrogens with two attached hydrogens (primary N) is 2. The van der Waals surface area contributed by atoms with Crippen molar-refractivity contribution in [2.75, 3.05) is 5.73 Å². The summed E-state index contributed by atoms with van der Waals surface area (Å²) in [7, 11) is 0. The lowest BCUT2D eigenvalue weighted by molar-refractivity contribution is 0.0996. The van der Waals surface area contributed by atoms with Crippen LogP contribution in [-0.4, -0.2) is 15.9 Å². The molecule has 0 atom stereocenters. The molecule has 5 nitrogen and oxygen atoms in total. The van der Waals surface area contributed by atoms with Crippen LogP contribution in [0.15, 0.2) is 18.2 Å². The molecule has 0 aliphatic carbocycles. The van der Waals surface area contributed by atoms with E-state index in [4.69, 9.17) is 23.1 Å². The van der Waals surface area contributed by atoms with Gasteiger partial charge >= 0.3 is 0 Å². The second-order valence-electron chi connectivity index (χ2n) is 3.59. The zero-order valence-electron chi connectivity index (χ0n) is 9.32. The van der Waals surface area contributed by atoms with Gasteiger partial charge in [0.25, 0.3) is 5.91 Å². The number of benzene rings is 1. The SMILES string of the molecule is NC(=O)c1nc(Cl)c(-c2ccc(F)c(F)c2)nc1N. The molecule has 0 aliphatic heterocycles. The molecule has 98 valence electrons. The highest BCUT2D eigenvalue weighted by Crippen LogP contribution is 2.27. The molecule has 2 rings (SSSR count). The van der Waals surface area contributed by atoms with Crippen molar-refractivity contribution in [1.82, 2.24) is 9.97 Å². The Morgan fingerprint density at radius 2 is 1.89 bits per heavy atom. The van der Waals surface area contributed by atoms with Crippen molar-refractivity contribution in [3.63, 3.8) is 0 Å². The fourth-order valence-electron chi connectivity index (χ4n) is 1.44. The molecule has 0 saturated heterocycles. The minimum Gasteiger partial charge on any atom is -0.382 e. The smallest absolute Gasteiger partial charge is 0.271 e. The molecule has 8 heteroatoms. The van der Waals surface area contributed by atoms with E-state index in [1.54, 1.807) is 0 Å². The lowest BCUT2D eigenvalue weighted by atomic mass is 10.1. The Morgan fingerprint density at radius 3 is 2.47 bits per heavy atom. The molecule has 4 N–H and O–H groups in total. The number of halogens is 3. The first kappa shape index (κ1) is 13.2. The molecule has 0 saturated carbocycles. The average Bonchev–Trinajstić information content (AvgIpc) is 2.35. The third kappa shape index (κ3) is 2.45. The summed E-state index contributed by atoms with van der Waals surface area (Å²) in [5.41, 5.74) is 10.5. The molecule has 0 fully saturated rings. The van der Waals surface area contributed by atoms with Crippen LogP contribution in [0.25, 0.3) is 11.3 Å². The molecule has 0 radical (unpaired) electrons. The van der Waals surface area contributed by atoms with Crippen molar-refractivity contribution >= 4 is 23.3 Å². The van der Waals surface area contributed by atoms with E-state index in [2.05, 4.69) is 9.97 Å². The van der Waals surface area contributed by atoms with Crippen molar-refractivity contribution < 1.29 is 13.6 Å². The highest BCUT2D eigenvalue weighted by atomic mass is 35.5. The molecular formula is C11H7ClF2N4O. The van der Waals surface area contributed by atoms with Crippen LogP contribution in [0.3, 0.4) is 0 Å². The number of anilines is 1. The highest BCUT2D eigenvalue weighted by Gasteiger charge is 2.16. The number of hydrogen-bond donors (Lipinski definition) is 2. The van der Waals surface area contributed by atoms with Gasteiger partial charge in [0.2, 0.25) is 0 Å². The van der Waals surface area contributed by atoms with E-state index in [1.165, 1.54) is 6.07 Å².